The summed E-state index contributed by atoms with van der Waals surface area (Å²) >= 11 is 0. The minimum Gasteiger partial charge on any atom is -0.483 e. The van der Waals surface area contributed by atoms with Crippen LogP contribution in [0.5, 0.6) is 5.75 Å². The van der Waals surface area contributed by atoms with Gasteiger partial charge in [-0.25, -0.2) is 4.39 Å². The highest BCUT2D eigenvalue weighted by Gasteiger charge is 2.18. The smallest absolute Gasteiger partial charge is 0.258 e. The van der Waals surface area contributed by atoms with Gasteiger partial charge in [0.1, 0.15) is 11.6 Å². The lowest BCUT2D eigenvalue weighted by atomic mass is 10.0. The van der Waals surface area contributed by atoms with Gasteiger partial charge < -0.3 is 15.8 Å². The maximum absolute atomic E-state index is 13.2. The predicted octanol–water partition coefficient (Wildman–Crippen LogP) is 2.53. The van der Waals surface area contributed by atoms with Gasteiger partial charge >= 0.3 is 0 Å². The van der Waals surface area contributed by atoms with Gasteiger partial charge in [0, 0.05) is 17.1 Å². The van der Waals surface area contributed by atoms with Gasteiger partial charge in [0.2, 0.25) is 0 Å². The summed E-state index contributed by atoms with van der Waals surface area (Å²) in [7, 11) is 0. The Kier molecular flexibility index (Phi) is 5.51. The van der Waals surface area contributed by atoms with E-state index in [9.17, 15) is 9.18 Å². The van der Waals surface area contributed by atoms with E-state index in [1.807, 2.05) is 20.8 Å². The van der Waals surface area contributed by atoms with E-state index in [4.69, 9.17) is 10.5 Å². The highest BCUT2D eigenvalue weighted by molar-refractivity contribution is 5.78. The van der Waals surface area contributed by atoms with Gasteiger partial charge in [0.05, 0.1) is 0 Å². The predicted molar refractivity (Wildman–Crippen MR) is 77.0 cm³/mol. The summed E-state index contributed by atoms with van der Waals surface area (Å²) in [5.74, 6) is -0.149. The molecule has 0 saturated heterocycles. The summed E-state index contributed by atoms with van der Waals surface area (Å²) in [5.41, 5.74) is 6.04. The third kappa shape index (κ3) is 4.81. The summed E-state index contributed by atoms with van der Waals surface area (Å²) in [6.45, 7) is 7.50. The first-order valence-electron chi connectivity index (χ1n) is 6.74. The van der Waals surface area contributed by atoms with Gasteiger partial charge in [-0.05, 0) is 45.4 Å². The Labute approximate surface area is 119 Å². The lowest BCUT2D eigenvalue weighted by Crippen LogP contribution is -2.44. The summed E-state index contributed by atoms with van der Waals surface area (Å²) < 4.78 is 18.6. The number of carbonyl (C=O) groups is 1. The Bertz CT molecular complexity index is 473. The standard InChI is InChI=1S/C15H23FN2O2/c1-5-15(3,4)18-14(19)9-20-13-7-6-11(16)8-12(13)10(2)17/h6-8,10H,5,9,17H2,1-4H3,(H,18,19)/t10-/m0/s1. The van der Waals surface area contributed by atoms with Crippen LogP contribution in [0.2, 0.25) is 0 Å². The van der Waals surface area contributed by atoms with E-state index in [-0.39, 0.29) is 29.9 Å². The van der Waals surface area contributed by atoms with Crippen LogP contribution in [0.1, 0.15) is 45.7 Å². The van der Waals surface area contributed by atoms with E-state index in [2.05, 4.69) is 5.32 Å². The fraction of sp³-hybridized carbons (Fsp3) is 0.533. The van der Waals surface area contributed by atoms with Crippen LogP contribution in [-0.2, 0) is 4.79 Å². The molecule has 20 heavy (non-hydrogen) atoms. The molecule has 1 rings (SSSR count). The van der Waals surface area contributed by atoms with Crippen LogP contribution >= 0.6 is 0 Å². The molecule has 3 N–H and O–H groups in total. The molecule has 0 aromatic heterocycles. The zero-order valence-electron chi connectivity index (χ0n) is 12.5. The normalized spacial score (nSPS) is 12.9. The van der Waals surface area contributed by atoms with Crippen LogP contribution in [0, 0.1) is 5.82 Å². The first-order chi connectivity index (χ1) is 9.25. The second-order valence-corrected chi connectivity index (χ2v) is 5.55. The number of nitrogens with two attached hydrogens (primary N) is 1. The highest BCUT2D eigenvalue weighted by Crippen LogP contribution is 2.24. The fourth-order valence-corrected chi connectivity index (χ4v) is 1.65. The second kappa shape index (κ2) is 6.70. The molecule has 0 aliphatic heterocycles. The number of amides is 1. The number of hydrogen-bond acceptors (Lipinski definition) is 3. The number of ether oxygens (including phenoxy) is 1. The average Bonchev–Trinajstić information content (AvgIpc) is 2.36. The molecule has 0 aliphatic rings. The van der Waals surface area contributed by atoms with E-state index in [1.165, 1.54) is 18.2 Å². The number of hydrogen-bond donors (Lipinski definition) is 2. The van der Waals surface area contributed by atoms with Gasteiger partial charge in [0.15, 0.2) is 6.61 Å². The van der Waals surface area contributed by atoms with Crippen LogP contribution in [0.15, 0.2) is 18.2 Å². The van der Waals surface area contributed by atoms with Crippen molar-refractivity contribution in [3.63, 3.8) is 0 Å². The molecule has 4 nitrogen and oxygen atoms in total. The Morgan fingerprint density at radius 2 is 2.15 bits per heavy atom. The van der Waals surface area contributed by atoms with Crippen LogP contribution in [0.3, 0.4) is 0 Å². The number of carbonyl (C=O) groups excluding carboxylic acids is 1. The lowest BCUT2D eigenvalue weighted by Gasteiger charge is -2.24. The molecule has 0 bridgehead atoms. The van der Waals surface area contributed by atoms with Crippen molar-refractivity contribution in [3.05, 3.63) is 29.6 Å². The topological polar surface area (TPSA) is 64.3 Å². The Morgan fingerprint density at radius 3 is 2.70 bits per heavy atom. The van der Waals surface area contributed by atoms with E-state index in [1.54, 1.807) is 6.92 Å². The molecular formula is C15H23FN2O2. The van der Waals surface area contributed by atoms with Crippen LogP contribution in [-0.4, -0.2) is 18.1 Å². The van der Waals surface area contributed by atoms with Gasteiger partial charge in [-0.1, -0.05) is 6.92 Å². The van der Waals surface area contributed by atoms with E-state index in [0.29, 0.717) is 11.3 Å². The van der Waals surface area contributed by atoms with Crippen molar-refractivity contribution in [1.82, 2.24) is 5.32 Å². The molecule has 1 aromatic carbocycles. The van der Waals surface area contributed by atoms with E-state index >= 15 is 0 Å². The van der Waals surface area contributed by atoms with Crippen LogP contribution in [0.25, 0.3) is 0 Å². The third-order valence-electron chi connectivity index (χ3n) is 3.18. The van der Waals surface area contributed by atoms with Gasteiger partial charge in [0.25, 0.3) is 5.91 Å². The minimum absolute atomic E-state index is 0.116. The molecule has 0 fully saturated rings. The van der Waals surface area contributed by atoms with Crippen LogP contribution in [0.4, 0.5) is 4.39 Å². The maximum atomic E-state index is 13.2. The molecule has 5 heteroatoms. The van der Waals surface area contributed by atoms with Gasteiger partial charge in [-0.15, -0.1) is 0 Å². The van der Waals surface area contributed by atoms with E-state index < -0.39 is 0 Å². The molecule has 1 aromatic rings. The average molecular weight is 282 g/mol. The van der Waals surface area contributed by atoms with Crippen molar-refractivity contribution in [3.8, 4) is 5.75 Å². The maximum Gasteiger partial charge on any atom is 0.258 e. The first kappa shape index (κ1) is 16.4. The molecule has 0 radical (unpaired) electrons. The van der Waals surface area contributed by atoms with E-state index in [0.717, 1.165) is 6.42 Å². The van der Waals surface area contributed by atoms with Gasteiger partial charge in [-0.2, -0.15) is 0 Å². The molecule has 0 unspecified atom stereocenters. The number of halogens is 1. The molecular weight excluding hydrogens is 259 g/mol. The number of rotatable bonds is 6. The van der Waals surface area contributed by atoms with Gasteiger partial charge in [-0.3, -0.25) is 4.79 Å². The third-order valence-corrected chi connectivity index (χ3v) is 3.18. The highest BCUT2D eigenvalue weighted by atomic mass is 19.1. The molecule has 0 heterocycles. The van der Waals surface area contributed by atoms with Crippen molar-refractivity contribution >= 4 is 5.91 Å². The van der Waals surface area contributed by atoms with Crippen LogP contribution < -0.4 is 15.8 Å². The fourth-order valence-electron chi connectivity index (χ4n) is 1.65. The Morgan fingerprint density at radius 1 is 1.50 bits per heavy atom. The quantitative estimate of drug-likeness (QED) is 0.842. The zero-order chi connectivity index (χ0) is 15.3. The van der Waals surface area contributed by atoms with Crippen molar-refractivity contribution < 1.29 is 13.9 Å². The van der Waals surface area contributed by atoms with Crippen molar-refractivity contribution in [2.75, 3.05) is 6.61 Å². The molecule has 0 spiro atoms. The molecule has 1 atom stereocenters. The minimum atomic E-state index is -0.374. The molecule has 112 valence electrons. The van der Waals surface area contributed by atoms with Crippen molar-refractivity contribution in [1.29, 1.82) is 0 Å². The molecule has 0 aliphatic carbocycles. The summed E-state index contributed by atoms with van der Waals surface area (Å²) in [6, 6.07) is 3.74. The zero-order valence-corrected chi connectivity index (χ0v) is 12.5. The Hall–Kier alpha value is -1.62. The monoisotopic (exact) mass is 282 g/mol. The summed E-state index contributed by atoms with van der Waals surface area (Å²) in [4.78, 5) is 11.8. The SMILES string of the molecule is CCC(C)(C)NC(=O)COc1ccc(F)cc1[C@H](C)N. The largest absolute Gasteiger partial charge is 0.483 e. The van der Waals surface area contributed by atoms with Crippen molar-refractivity contribution in [2.24, 2.45) is 5.73 Å². The van der Waals surface area contributed by atoms with Crippen molar-refractivity contribution in [2.45, 2.75) is 45.7 Å². The number of benzene rings is 1. The second-order valence-electron chi connectivity index (χ2n) is 5.55. The first-order valence-corrected chi connectivity index (χ1v) is 6.74. The molecule has 0 saturated carbocycles. The summed E-state index contributed by atoms with van der Waals surface area (Å²) in [5, 5.41) is 2.87. The summed E-state index contributed by atoms with van der Waals surface area (Å²) in [6.07, 6.45) is 0.820. The lowest BCUT2D eigenvalue weighted by molar-refractivity contribution is -0.124. The Balaban J connectivity index is 2.68. The molecule has 1 amide bonds. The number of nitrogens with one attached hydrogen (secondary N) is 1.